The molecule has 1 heterocycles. The van der Waals surface area contributed by atoms with E-state index >= 15 is 0 Å². The molecule has 0 unspecified atom stereocenters. The third-order valence-electron chi connectivity index (χ3n) is 5.77. The number of hydrogen-bond donors (Lipinski definition) is 3. The first kappa shape index (κ1) is 19.2. The summed E-state index contributed by atoms with van der Waals surface area (Å²) in [5.41, 5.74) is 6.76. The van der Waals surface area contributed by atoms with E-state index in [0.717, 1.165) is 37.9 Å². The van der Waals surface area contributed by atoms with Gasteiger partial charge in [0.15, 0.2) is 0 Å². The van der Waals surface area contributed by atoms with Crippen LogP contribution in [0, 0.1) is 0 Å². The molecule has 0 atom stereocenters. The highest BCUT2D eigenvalue weighted by Crippen LogP contribution is 2.38. The number of hydrogen-bond acceptors (Lipinski definition) is 4. The predicted molar refractivity (Wildman–Crippen MR) is 118 cm³/mol. The lowest BCUT2D eigenvalue weighted by Crippen LogP contribution is -2.32. The van der Waals surface area contributed by atoms with Crippen molar-refractivity contribution in [1.82, 2.24) is 10.0 Å². The van der Waals surface area contributed by atoms with Crippen LogP contribution in [-0.4, -0.2) is 30.1 Å². The number of fused-ring (bicyclic) bond motifs is 2. The van der Waals surface area contributed by atoms with Crippen molar-refractivity contribution in [3.05, 3.63) is 39.8 Å². The van der Waals surface area contributed by atoms with Gasteiger partial charge in [0.2, 0.25) is 0 Å². The fourth-order valence-corrected chi connectivity index (χ4v) is 5.95. The van der Waals surface area contributed by atoms with E-state index < -0.39 is 0 Å². The summed E-state index contributed by atoms with van der Waals surface area (Å²) in [6, 6.07) is 2.93. The third-order valence-corrected chi connectivity index (χ3v) is 7.45. The number of aryl methyl sites for hydroxylation is 2. The standard InChI is InChI=1S/C21H29N3OS2/c25-21(24-27-11-3-10-22-17-8-12-26-13-9-17)23-20-18-6-1-4-15(18)14-16-5-2-7-19(16)20/h3,11,14,17,22H,1-2,4-10,12-13H2,(H2,23,24,25)/b11-3+. The molecule has 0 radical (unpaired) electrons. The molecule has 0 aromatic heterocycles. The number of benzene rings is 1. The largest absolute Gasteiger partial charge is 0.329 e. The molecular weight excluding hydrogens is 374 g/mol. The molecule has 1 fully saturated rings. The SMILES string of the molecule is O=C(NS/C=C/CNC1CCSCC1)Nc1c2c(cc3c1CCC3)CCC2. The Morgan fingerprint density at radius 1 is 1.11 bits per heavy atom. The van der Waals surface area contributed by atoms with Gasteiger partial charge in [-0.15, -0.1) is 0 Å². The molecule has 4 nitrogen and oxygen atoms in total. The van der Waals surface area contributed by atoms with E-state index in [1.165, 1.54) is 71.4 Å². The molecule has 3 aliphatic rings. The average Bonchev–Trinajstić information content (AvgIpc) is 3.34. The zero-order chi connectivity index (χ0) is 18.5. The van der Waals surface area contributed by atoms with Crippen molar-refractivity contribution < 1.29 is 4.79 Å². The zero-order valence-corrected chi connectivity index (χ0v) is 17.4. The van der Waals surface area contributed by atoms with E-state index in [0.29, 0.717) is 6.04 Å². The number of nitrogens with one attached hydrogen (secondary N) is 3. The molecule has 1 saturated heterocycles. The van der Waals surface area contributed by atoms with Crippen molar-refractivity contribution in [3.63, 3.8) is 0 Å². The molecule has 0 saturated carbocycles. The van der Waals surface area contributed by atoms with Gasteiger partial charge in [0.25, 0.3) is 0 Å². The normalized spacial score (nSPS) is 19.3. The molecule has 6 heteroatoms. The fraction of sp³-hybridized carbons (Fsp3) is 0.571. The van der Waals surface area contributed by atoms with E-state index in [4.69, 9.17) is 0 Å². The molecule has 4 rings (SSSR count). The molecule has 1 aliphatic heterocycles. The van der Waals surface area contributed by atoms with Gasteiger partial charge >= 0.3 is 6.03 Å². The molecule has 0 spiro atoms. The van der Waals surface area contributed by atoms with Crippen molar-refractivity contribution in [2.24, 2.45) is 0 Å². The Balaban J connectivity index is 1.25. The highest BCUT2D eigenvalue weighted by molar-refractivity contribution is 8.00. The maximum Gasteiger partial charge on any atom is 0.329 e. The second-order valence-corrected chi connectivity index (χ2v) is 9.51. The van der Waals surface area contributed by atoms with Crippen LogP contribution in [0.15, 0.2) is 17.6 Å². The minimum atomic E-state index is -0.115. The third kappa shape index (κ3) is 4.84. The van der Waals surface area contributed by atoms with E-state index in [9.17, 15) is 4.79 Å². The highest BCUT2D eigenvalue weighted by atomic mass is 32.2. The van der Waals surface area contributed by atoms with Gasteiger partial charge in [-0.1, -0.05) is 12.1 Å². The molecular formula is C21H29N3OS2. The van der Waals surface area contributed by atoms with Gasteiger partial charge in [0.05, 0.1) is 0 Å². The smallest absolute Gasteiger partial charge is 0.310 e. The van der Waals surface area contributed by atoms with Gasteiger partial charge in [0, 0.05) is 18.3 Å². The topological polar surface area (TPSA) is 53.2 Å². The van der Waals surface area contributed by atoms with Crippen LogP contribution < -0.4 is 15.4 Å². The Bertz CT molecular complexity index is 682. The number of thioether (sulfide) groups is 1. The molecule has 27 heavy (non-hydrogen) atoms. The number of urea groups is 1. The molecule has 3 N–H and O–H groups in total. The number of rotatable bonds is 6. The summed E-state index contributed by atoms with van der Waals surface area (Å²) in [6.07, 6.45) is 11.5. The Hall–Kier alpha value is -1.11. The maximum absolute atomic E-state index is 12.4. The minimum Gasteiger partial charge on any atom is -0.310 e. The first-order valence-electron chi connectivity index (χ1n) is 10.2. The van der Waals surface area contributed by atoms with Gasteiger partial charge < -0.3 is 10.6 Å². The van der Waals surface area contributed by atoms with Crippen LogP contribution in [-0.2, 0) is 25.7 Å². The molecule has 1 aromatic rings. The Morgan fingerprint density at radius 2 is 1.81 bits per heavy atom. The fourth-order valence-electron chi connectivity index (χ4n) is 4.43. The highest BCUT2D eigenvalue weighted by Gasteiger charge is 2.24. The Morgan fingerprint density at radius 3 is 2.52 bits per heavy atom. The van der Waals surface area contributed by atoms with Crippen molar-refractivity contribution >= 4 is 35.4 Å². The minimum absolute atomic E-state index is 0.115. The molecule has 0 bridgehead atoms. The van der Waals surface area contributed by atoms with Gasteiger partial charge in [-0.25, -0.2) is 4.79 Å². The van der Waals surface area contributed by atoms with Gasteiger partial charge in [0.1, 0.15) is 0 Å². The summed E-state index contributed by atoms with van der Waals surface area (Å²) in [5, 5.41) is 8.69. The summed E-state index contributed by atoms with van der Waals surface area (Å²) in [6.45, 7) is 0.866. The van der Waals surface area contributed by atoms with Gasteiger partial charge in [-0.05, 0) is 102 Å². The van der Waals surface area contributed by atoms with Crippen LogP contribution in [0.1, 0.15) is 47.9 Å². The van der Waals surface area contributed by atoms with Crippen LogP contribution in [0.3, 0.4) is 0 Å². The zero-order valence-electron chi connectivity index (χ0n) is 15.8. The Kier molecular flexibility index (Phi) is 6.69. The lowest BCUT2D eigenvalue weighted by Gasteiger charge is -2.21. The maximum atomic E-state index is 12.4. The summed E-state index contributed by atoms with van der Waals surface area (Å²) in [4.78, 5) is 12.4. The second kappa shape index (κ2) is 9.39. The second-order valence-electron chi connectivity index (χ2n) is 7.57. The van der Waals surface area contributed by atoms with E-state index in [1.54, 1.807) is 0 Å². The average molecular weight is 404 g/mol. The molecule has 2 amide bonds. The van der Waals surface area contributed by atoms with Crippen LogP contribution in [0.2, 0.25) is 0 Å². The van der Waals surface area contributed by atoms with Crippen molar-refractivity contribution in [2.45, 2.75) is 57.4 Å². The first-order chi connectivity index (χ1) is 13.3. The van der Waals surface area contributed by atoms with Crippen LogP contribution in [0.25, 0.3) is 0 Å². The van der Waals surface area contributed by atoms with Crippen LogP contribution >= 0.6 is 23.7 Å². The predicted octanol–water partition coefficient (Wildman–Crippen LogP) is 4.43. The summed E-state index contributed by atoms with van der Waals surface area (Å²) < 4.78 is 2.90. The number of amides is 2. The van der Waals surface area contributed by atoms with E-state index in [-0.39, 0.29) is 6.03 Å². The van der Waals surface area contributed by atoms with Crippen molar-refractivity contribution in [3.8, 4) is 0 Å². The number of carbonyl (C=O) groups is 1. The van der Waals surface area contributed by atoms with E-state index in [1.807, 2.05) is 17.2 Å². The molecule has 2 aliphatic carbocycles. The number of carbonyl (C=O) groups excluding carboxylic acids is 1. The van der Waals surface area contributed by atoms with Crippen molar-refractivity contribution in [1.29, 1.82) is 0 Å². The lowest BCUT2D eigenvalue weighted by molar-refractivity contribution is 0.257. The summed E-state index contributed by atoms with van der Waals surface area (Å²) >= 11 is 3.39. The van der Waals surface area contributed by atoms with Gasteiger partial charge in [-0.2, -0.15) is 11.8 Å². The molecule has 146 valence electrons. The van der Waals surface area contributed by atoms with Crippen LogP contribution in [0.4, 0.5) is 10.5 Å². The Labute approximate surface area is 170 Å². The molecule has 1 aromatic carbocycles. The first-order valence-corrected chi connectivity index (χ1v) is 12.2. The van der Waals surface area contributed by atoms with E-state index in [2.05, 4.69) is 27.5 Å². The van der Waals surface area contributed by atoms with Crippen LogP contribution in [0.5, 0.6) is 0 Å². The quantitative estimate of drug-likeness (QED) is 0.615. The van der Waals surface area contributed by atoms with Crippen molar-refractivity contribution in [2.75, 3.05) is 23.4 Å². The summed E-state index contributed by atoms with van der Waals surface area (Å²) in [5.74, 6) is 2.54. The monoisotopic (exact) mass is 403 g/mol. The van der Waals surface area contributed by atoms with Gasteiger partial charge in [-0.3, -0.25) is 4.72 Å². The number of anilines is 1. The summed E-state index contributed by atoms with van der Waals surface area (Å²) in [7, 11) is 0. The lowest BCUT2D eigenvalue weighted by atomic mass is 9.99.